The molecule has 2 aromatic carbocycles. The van der Waals surface area contributed by atoms with Crippen molar-refractivity contribution in [2.45, 2.75) is 26.3 Å². The van der Waals surface area contributed by atoms with Crippen molar-refractivity contribution in [3.63, 3.8) is 0 Å². The number of nitrogens with zero attached hydrogens (tertiary/aromatic N) is 3. The van der Waals surface area contributed by atoms with Crippen molar-refractivity contribution in [2.24, 2.45) is 0 Å². The van der Waals surface area contributed by atoms with E-state index in [9.17, 15) is 4.79 Å². The average Bonchev–Trinajstić information content (AvgIpc) is 3.40. The lowest BCUT2D eigenvalue weighted by atomic mass is 10.1. The van der Waals surface area contributed by atoms with Gasteiger partial charge in [-0.3, -0.25) is 4.79 Å². The zero-order chi connectivity index (χ0) is 20.7. The fraction of sp³-hybridized carbons (Fsp3) is 0.320. The van der Waals surface area contributed by atoms with Gasteiger partial charge < -0.3 is 14.7 Å². The van der Waals surface area contributed by atoms with E-state index in [1.165, 1.54) is 22.5 Å². The number of hydrogen-bond donors (Lipinski definition) is 0. The van der Waals surface area contributed by atoms with Gasteiger partial charge in [-0.15, -0.1) is 11.3 Å². The van der Waals surface area contributed by atoms with Gasteiger partial charge in [-0.05, 0) is 61.7 Å². The number of anilines is 3. The molecule has 0 N–H and O–H groups in total. The molecule has 0 aliphatic carbocycles. The number of benzene rings is 2. The van der Waals surface area contributed by atoms with Crippen molar-refractivity contribution >= 4 is 33.6 Å². The minimum absolute atomic E-state index is 0.162. The Kier molecular flexibility index (Phi) is 4.99. The highest BCUT2D eigenvalue weighted by Gasteiger charge is 2.29. The van der Waals surface area contributed by atoms with E-state index in [0.29, 0.717) is 6.04 Å². The fourth-order valence-electron chi connectivity index (χ4n) is 4.64. The summed E-state index contributed by atoms with van der Waals surface area (Å²) in [5, 5.41) is 1.16. The van der Waals surface area contributed by atoms with Crippen LogP contribution < -0.4 is 9.80 Å². The van der Waals surface area contributed by atoms with Gasteiger partial charge in [0.2, 0.25) is 0 Å². The molecule has 1 aromatic heterocycles. The normalized spacial score (nSPS) is 18.6. The third kappa shape index (κ3) is 3.47. The molecule has 3 heterocycles. The van der Waals surface area contributed by atoms with Crippen LogP contribution in [0.1, 0.15) is 27.7 Å². The van der Waals surface area contributed by atoms with Gasteiger partial charge in [-0.2, -0.15) is 0 Å². The molecule has 30 heavy (non-hydrogen) atoms. The summed E-state index contributed by atoms with van der Waals surface area (Å²) >= 11 is 1.62. The van der Waals surface area contributed by atoms with Gasteiger partial charge in [-0.1, -0.05) is 30.3 Å². The van der Waals surface area contributed by atoms with Gasteiger partial charge in [0.25, 0.3) is 5.91 Å². The number of aryl methyl sites for hydroxylation is 1. The van der Waals surface area contributed by atoms with Crippen LogP contribution in [0.3, 0.4) is 0 Å². The largest absolute Gasteiger partial charge is 0.365 e. The van der Waals surface area contributed by atoms with Crippen LogP contribution in [0.2, 0.25) is 0 Å². The van der Waals surface area contributed by atoms with Gasteiger partial charge in [0.15, 0.2) is 0 Å². The van der Waals surface area contributed by atoms with Crippen LogP contribution in [-0.2, 0) is 6.42 Å². The summed E-state index contributed by atoms with van der Waals surface area (Å²) in [4.78, 5) is 20.8. The van der Waals surface area contributed by atoms with Crippen LogP contribution in [0.4, 0.5) is 16.4 Å². The summed E-state index contributed by atoms with van der Waals surface area (Å²) in [5.41, 5.74) is 5.19. The maximum Gasteiger partial charge on any atom is 0.264 e. The third-order valence-corrected chi connectivity index (χ3v) is 7.30. The summed E-state index contributed by atoms with van der Waals surface area (Å²) in [7, 11) is 0. The number of piperazine rings is 1. The Balaban J connectivity index is 1.29. The zero-order valence-corrected chi connectivity index (χ0v) is 18.4. The monoisotopic (exact) mass is 417 g/mol. The van der Waals surface area contributed by atoms with Gasteiger partial charge in [-0.25, -0.2) is 0 Å². The van der Waals surface area contributed by atoms with Crippen LogP contribution in [0.15, 0.2) is 60.7 Å². The topological polar surface area (TPSA) is 26.8 Å². The molecule has 1 fully saturated rings. The van der Waals surface area contributed by atoms with Gasteiger partial charge in [0.05, 0.1) is 9.88 Å². The first-order valence-electron chi connectivity index (χ1n) is 10.7. The van der Waals surface area contributed by atoms with E-state index in [1.807, 2.05) is 11.0 Å². The molecule has 0 spiro atoms. The summed E-state index contributed by atoms with van der Waals surface area (Å²) in [6.45, 7) is 7.71. The zero-order valence-electron chi connectivity index (χ0n) is 17.5. The van der Waals surface area contributed by atoms with Crippen LogP contribution in [0, 0.1) is 6.92 Å². The first kappa shape index (κ1) is 19.2. The Morgan fingerprint density at radius 3 is 2.70 bits per heavy atom. The van der Waals surface area contributed by atoms with E-state index in [0.717, 1.165) is 42.5 Å². The number of para-hydroxylation sites is 1. The molecular weight excluding hydrogens is 390 g/mol. The quantitative estimate of drug-likeness (QED) is 0.593. The van der Waals surface area contributed by atoms with Crippen molar-refractivity contribution in [1.29, 1.82) is 0 Å². The molecule has 0 radical (unpaired) electrons. The number of carbonyl (C=O) groups is 1. The molecule has 2 aliphatic rings. The number of fused-ring (bicyclic) bond motifs is 1. The molecule has 0 bridgehead atoms. The molecular formula is C25H27N3OS. The maximum absolute atomic E-state index is 13.2. The lowest BCUT2D eigenvalue weighted by Crippen LogP contribution is -2.53. The van der Waals surface area contributed by atoms with E-state index in [-0.39, 0.29) is 5.91 Å². The molecule has 1 saturated heterocycles. The lowest BCUT2D eigenvalue weighted by molar-refractivity contribution is 0.0731. The molecule has 2 aliphatic heterocycles. The SMILES string of the molecule is Cc1cccc(N2CCN(C(=O)c3ccc(N4CCc5ccccc54)s3)C[C@@H]2C)c1. The van der Waals surface area contributed by atoms with Gasteiger partial charge in [0.1, 0.15) is 0 Å². The third-order valence-electron chi connectivity index (χ3n) is 6.20. The van der Waals surface area contributed by atoms with Gasteiger partial charge >= 0.3 is 0 Å². The van der Waals surface area contributed by atoms with Crippen molar-refractivity contribution in [3.05, 3.63) is 76.7 Å². The van der Waals surface area contributed by atoms with E-state index >= 15 is 0 Å². The predicted octanol–water partition coefficient (Wildman–Crippen LogP) is 5.10. The van der Waals surface area contributed by atoms with Crippen molar-refractivity contribution in [3.8, 4) is 0 Å². The van der Waals surface area contributed by atoms with Crippen molar-refractivity contribution in [2.75, 3.05) is 36.0 Å². The molecule has 154 valence electrons. The number of rotatable bonds is 3. The number of amides is 1. The first-order chi connectivity index (χ1) is 14.6. The molecule has 0 unspecified atom stereocenters. The Hall–Kier alpha value is -2.79. The van der Waals surface area contributed by atoms with Crippen molar-refractivity contribution < 1.29 is 4.79 Å². The van der Waals surface area contributed by atoms with Crippen molar-refractivity contribution in [1.82, 2.24) is 4.90 Å². The standard InChI is InChI=1S/C25H27N3OS/c1-18-6-5-8-21(16-18)27-15-14-26(17-19(27)2)25(29)23-10-11-24(30-23)28-13-12-20-7-3-4-9-22(20)28/h3-11,16,19H,12-15,17H2,1-2H3/t19-/m0/s1. The highest BCUT2D eigenvalue weighted by Crippen LogP contribution is 2.38. The molecule has 1 atom stereocenters. The number of thiophene rings is 1. The van der Waals surface area contributed by atoms with E-state index in [2.05, 4.69) is 78.2 Å². The molecule has 4 nitrogen and oxygen atoms in total. The minimum Gasteiger partial charge on any atom is -0.365 e. The summed E-state index contributed by atoms with van der Waals surface area (Å²) in [6.07, 6.45) is 1.07. The Morgan fingerprint density at radius 2 is 1.87 bits per heavy atom. The second-order valence-corrected chi connectivity index (χ2v) is 9.36. The number of hydrogen-bond acceptors (Lipinski definition) is 4. The summed E-state index contributed by atoms with van der Waals surface area (Å²) in [5.74, 6) is 0.162. The Labute approximate surface area is 182 Å². The van der Waals surface area contributed by atoms with Crippen LogP contribution in [0.25, 0.3) is 0 Å². The van der Waals surface area contributed by atoms with Crippen LogP contribution in [0.5, 0.6) is 0 Å². The molecule has 5 heteroatoms. The maximum atomic E-state index is 13.2. The predicted molar refractivity (Wildman–Crippen MR) is 125 cm³/mol. The highest BCUT2D eigenvalue weighted by atomic mass is 32.1. The Morgan fingerprint density at radius 1 is 1.00 bits per heavy atom. The minimum atomic E-state index is 0.162. The van der Waals surface area contributed by atoms with E-state index in [1.54, 1.807) is 11.3 Å². The molecule has 3 aromatic rings. The van der Waals surface area contributed by atoms with Gasteiger partial charge in [0, 0.05) is 43.6 Å². The van der Waals surface area contributed by atoms with Crippen LogP contribution >= 0.6 is 11.3 Å². The van der Waals surface area contributed by atoms with E-state index < -0.39 is 0 Å². The second-order valence-electron chi connectivity index (χ2n) is 8.30. The highest BCUT2D eigenvalue weighted by molar-refractivity contribution is 7.18. The average molecular weight is 418 g/mol. The summed E-state index contributed by atoms with van der Waals surface area (Å²) in [6, 6.07) is 21.6. The molecule has 5 rings (SSSR count). The Bertz CT molecular complexity index is 1080. The molecule has 1 amide bonds. The smallest absolute Gasteiger partial charge is 0.264 e. The first-order valence-corrected chi connectivity index (χ1v) is 11.5. The molecule has 0 saturated carbocycles. The number of carbonyl (C=O) groups excluding carboxylic acids is 1. The lowest BCUT2D eigenvalue weighted by Gasteiger charge is -2.41. The fourth-order valence-corrected chi connectivity index (χ4v) is 5.66. The summed E-state index contributed by atoms with van der Waals surface area (Å²) < 4.78 is 0. The van der Waals surface area contributed by atoms with E-state index in [4.69, 9.17) is 0 Å². The second kappa shape index (κ2) is 7.80. The van der Waals surface area contributed by atoms with Crippen LogP contribution in [-0.4, -0.2) is 43.0 Å².